The molecule has 0 saturated carbocycles. The molecular formula is C21H25ClN2O4. The monoisotopic (exact) mass is 404 g/mol. The maximum absolute atomic E-state index is 11.8. The highest BCUT2D eigenvalue weighted by Gasteiger charge is 2.11. The number of amides is 1. The fourth-order valence-electron chi connectivity index (χ4n) is 2.76. The highest BCUT2D eigenvalue weighted by molar-refractivity contribution is 6.30. The van der Waals surface area contributed by atoms with Gasteiger partial charge in [-0.1, -0.05) is 35.9 Å². The summed E-state index contributed by atoms with van der Waals surface area (Å²) in [5.41, 5.74) is 5.24. The third kappa shape index (κ3) is 7.31. The Hall–Kier alpha value is -2.41. The maximum Gasteiger partial charge on any atom is 0.335 e. The fraction of sp³-hybridized carbons (Fsp3) is 0.333. The molecule has 0 heterocycles. The zero-order valence-electron chi connectivity index (χ0n) is 15.8. The van der Waals surface area contributed by atoms with Crippen molar-refractivity contribution in [2.75, 3.05) is 13.1 Å². The first-order valence-electron chi connectivity index (χ1n) is 9.11. The minimum absolute atomic E-state index is 0.116. The zero-order chi connectivity index (χ0) is 20.5. The summed E-state index contributed by atoms with van der Waals surface area (Å²) < 4.78 is 0. The second-order valence-corrected chi connectivity index (χ2v) is 7.04. The Morgan fingerprint density at radius 2 is 1.68 bits per heavy atom. The van der Waals surface area contributed by atoms with E-state index < -0.39 is 12.1 Å². The number of nitrogens with one attached hydrogen (secondary N) is 1. The van der Waals surface area contributed by atoms with Gasteiger partial charge in [0.25, 0.3) is 0 Å². The van der Waals surface area contributed by atoms with Crippen molar-refractivity contribution < 1.29 is 19.8 Å². The number of carbonyl (C=O) groups is 2. The van der Waals surface area contributed by atoms with Crippen LogP contribution in [0.1, 0.15) is 34.8 Å². The van der Waals surface area contributed by atoms with E-state index in [1.807, 2.05) is 12.1 Å². The van der Waals surface area contributed by atoms with Gasteiger partial charge in [0.15, 0.2) is 0 Å². The Labute approximate surface area is 169 Å². The lowest BCUT2D eigenvalue weighted by Crippen LogP contribution is -2.44. The van der Waals surface area contributed by atoms with E-state index in [0.29, 0.717) is 37.4 Å². The van der Waals surface area contributed by atoms with Gasteiger partial charge in [0, 0.05) is 25.0 Å². The minimum Gasteiger partial charge on any atom is -0.478 e. The summed E-state index contributed by atoms with van der Waals surface area (Å²) in [4.78, 5) is 22.7. The molecule has 2 rings (SSSR count). The van der Waals surface area contributed by atoms with Gasteiger partial charge < -0.3 is 10.2 Å². The topological polar surface area (TPSA) is 89.9 Å². The molecule has 0 spiro atoms. The number of carboxylic acids is 1. The average Bonchev–Trinajstić information content (AvgIpc) is 2.66. The van der Waals surface area contributed by atoms with Crippen molar-refractivity contribution in [3.05, 3.63) is 70.2 Å². The molecule has 3 N–H and O–H groups in total. The van der Waals surface area contributed by atoms with E-state index in [4.69, 9.17) is 16.7 Å². The quantitative estimate of drug-likeness (QED) is 0.530. The number of rotatable bonds is 10. The second-order valence-electron chi connectivity index (χ2n) is 6.60. The molecule has 1 atom stereocenters. The number of nitrogens with zero attached hydrogens (tertiary/aromatic N) is 1. The number of halogens is 1. The summed E-state index contributed by atoms with van der Waals surface area (Å²) in [6.45, 7) is 2.39. The molecule has 0 radical (unpaired) electrons. The Kier molecular flexibility index (Phi) is 8.44. The summed E-state index contributed by atoms with van der Waals surface area (Å²) in [5.74, 6) is -1.08. The Morgan fingerprint density at radius 1 is 1.07 bits per heavy atom. The third-order valence-electron chi connectivity index (χ3n) is 4.37. The van der Waals surface area contributed by atoms with E-state index in [1.54, 1.807) is 36.4 Å². The normalized spacial score (nSPS) is 11.8. The van der Waals surface area contributed by atoms with Crippen molar-refractivity contribution in [2.45, 2.75) is 32.3 Å². The number of hydrogen-bond donors (Lipinski definition) is 3. The summed E-state index contributed by atoms with van der Waals surface area (Å²) in [5, 5.41) is 21.3. The van der Waals surface area contributed by atoms with E-state index in [2.05, 4.69) is 5.43 Å². The Bertz CT molecular complexity index is 778. The van der Waals surface area contributed by atoms with Crippen LogP contribution in [0.2, 0.25) is 5.02 Å². The molecule has 2 aromatic carbocycles. The van der Waals surface area contributed by atoms with E-state index in [-0.39, 0.29) is 11.5 Å². The number of aliphatic hydroxyl groups excluding tert-OH is 1. The fourth-order valence-corrected chi connectivity index (χ4v) is 2.89. The van der Waals surface area contributed by atoms with Crippen molar-refractivity contribution in [2.24, 2.45) is 0 Å². The van der Waals surface area contributed by atoms with Gasteiger partial charge in [-0.2, -0.15) is 0 Å². The minimum atomic E-state index is -0.962. The molecule has 0 fully saturated rings. The average molecular weight is 405 g/mol. The summed E-state index contributed by atoms with van der Waals surface area (Å²) in [6, 6.07) is 14.0. The molecular weight excluding hydrogens is 380 g/mol. The van der Waals surface area contributed by atoms with Crippen molar-refractivity contribution in [1.82, 2.24) is 10.4 Å². The van der Waals surface area contributed by atoms with Crippen LogP contribution in [-0.2, 0) is 17.6 Å². The lowest BCUT2D eigenvalue weighted by Gasteiger charge is -2.23. The first-order valence-corrected chi connectivity index (χ1v) is 9.49. The van der Waals surface area contributed by atoms with E-state index >= 15 is 0 Å². The van der Waals surface area contributed by atoms with E-state index in [9.17, 15) is 14.7 Å². The maximum atomic E-state index is 11.8. The summed E-state index contributed by atoms with van der Waals surface area (Å²) >= 11 is 5.86. The number of hydrazine groups is 1. The largest absolute Gasteiger partial charge is 0.478 e. The Balaban J connectivity index is 1.76. The number of aliphatic hydroxyl groups is 1. The van der Waals surface area contributed by atoms with Gasteiger partial charge in [-0.05, 0) is 54.7 Å². The molecule has 7 heteroatoms. The molecule has 2 aromatic rings. The van der Waals surface area contributed by atoms with Crippen molar-refractivity contribution >= 4 is 23.5 Å². The molecule has 150 valence electrons. The molecule has 0 aliphatic heterocycles. The second kappa shape index (κ2) is 10.8. The van der Waals surface area contributed by atoms with Gasteiger partial charge in [-0.3, -0.25) is 9.80 Å². The van der Waals surface area contributed by atoms with Crippen LogP contribution in [-0.4, -0.2) is 46.3 Å². The van der Waals surface area contributed by atoms with Crippen LogP contribution < -0.4 is 5.43 Å². The highest BCUT2D eigenvalue weighted by Crippen LogP contribution is 2.12. The predicted octanol–water partition coefficient (Wildman–Crippen LogP) is 2.93. The molecule has 0 aliphatic rings. The van der Waals surface area contributed by atoms with E-state index in [0.717, 1.165) is 11.1 Å². The van der Waals surface area contributed by atoms with Gasteiger partial charge in [-0.25, -0.2) is 10.2 Å². The SMILES string of the molecule is CC(=O)N(CCc1ccc(C(=O)O)cc1)NCCC(O)Cc1ccc(Cl)cc1. The molecule has 1 amide bonds. The van der Waals surface area contributed by atoms with Crippen molar-refractivity contribution in [3.8, 4) is 0 Å². The van der Waals surface area contributed by atoms with Crippen LogP contribution in [0, 0.1) is 0 Å². The lowest BCUT2D eigenvalue weighted by molar-refractivity contribution is -0.132. The van der Waals surface area contributed by atoms with Crippen LogP contribution in [0.3, 0.4) is 0 Å². The number of carbonyl (C=O) groups excluding carboxylic acids is 1. The van der Waals surface area contributed by atoms with Crippen molar-refractivity contribution in [3.63, 3.8) is 0 Å². The third-order valence-corrected chi connectivity index (χ3v) is 4.62. The van der Waals surface area contributed by atoms with Crippen LogP contribution in [0.5, 0.6) is 0 Å². The number of carboxylic acid groups (broad SMARTS) is 1. The van der Waals surface area contributed by atoms with Crippen molar-refractivity contribution in [1.29, 1.82) is 0 Å². The summed E-state index contributed by atoms with van der Waals surface area (Å²) in [7, 11) is 0. The number of aromatic carboxylic acids is 1. The number of hydrogen-bond acceptors (Lipinski definition) is 4. The van der Waals surface area contributed by atoms with Crippen LogP contribution in [0.15, 0.2) is 48.5 Å². The van der Waals surface area contributed by atoms with Gasteiger partial charge in [0.1, 0.15) is 0 Å². The lowest BCUT2D eigenvalue weighted by atomic mass is 10.1. The Morgan fingerprint density at radius 3 is 2.25 bits per heavy atom. The first kappa shape index (κ1) is 21.9. The smallest absolute Gasteiger partial charge is 0.335 e. The molecule has 0 aromatic heterocycles. The predicted molar refractivity (Wildman–Crippen MR) is 108 cm³/mol. The van der Waals surface area contributed by atoms with Gasteiger partial charge in [0.2, 0.25) is 5.91 Å². The van der Waals surface area contributed by atoms with Gasteiger partial charge >= 0.3 is 5.97 Å². The first-order chi connectivity index (χ1) is 13.3. The van der Waals surface area contributed by atoms with Crippen LogP contribution in [0.4, 0.5) is 0 Å². The molecule has 0 saturated heterocycles. The van der Waals surface area contributed by atoms with Gasteiger partial charge in [-0.15, -0.1) is 0 Å². The highest BCUT2D eigenvalue weighted by atomic mass is 35.5. The zero-order valence-corrected chi connectivity index (χ0v) is 16.5. The van der Waals surface area contributed by atoms with Crippen LogP contribution >= 0.6 is 11.6 Å². The van der Waals surface area contributed by atoms with E-state index in [1.165, 1.54) is 11.9 Å². The molecule has 0 aliphatic carbocycles. The molecule has 1 unspecified atom stereocenters. The molecule has 0 bridgehead atoms. The standard InChI is InChI=1S/C21H25ClN2O4/c1-15(25)24(13-11-16-2-6-18(7-3-16)21(27)28)23-12-10-20(26)14-17-4-8-19(22)9-5-17/h2-9,20,23,26H,10-14H2,1H3,(H,27,28). The van der Waals surface area contributed by atoms with Gasteiger partial charge in [0.05, 0.1) is 11.7 Å². The molecule has 6 nitrogen and oxygen atoms in total. The molecule has 28 heavy (non-hydrogen) atoms. The number of benzene rings is 2. The van der Waals surface area contributed by atoms with Crippen LogP contribution in [0.25, 0.3) is 0 Å². The summed E-state index contributed by atoms with van der Waals surface area (Å²) in [6.07, 6.45) is 1.10.